The Hall–Kier alpha value is -1.55. The molecule has 1 fully saturated rings. The zero-order chi connectivity index (χ0) is 16.0. The Balaban J connectivity index is 1.99. The molecule has 1 atom stereocenters. The quantitative estimate of drug-likeness (QED) is 0.858. The molecule has 122 valence electrons. The van der Waals surface area contributed by atoms with E-state index < -0.39 is 5.60 Å². The maximum Gasteiger partial charge on any atom is 0.256 e. The molecule has 1 aromatic rings. The molecule has 0 bridgehead atoms. The first kappa shape index (κ1) is 16.8. The third kappa shape index (κ3) is 4.01. The second-order valence-corrected chi connectivity index (χ2v) is 6.07. The van der Waals surface area contributed by atoms with E-state index in [0.29, 0.717) is 0 Å². The first-order valence-corrected chi connectivity index (χ1v) is 8.23. The lowest BCUT2D eigenvalue weighted by Crippen LogP contribution is -2.46. The van der Waals surface area contributed by atoms with Crippen LogP contribution < -0.4 is 10.1 Å². The number of methoxy groups -OCH3 is 1. The standard InChI is InChI=1S/C18H27NO3/c1-4-14(2)22-16-10-8-15(9-11-16)19-17(20)18(21-3)12-6-5-7-13-18/h8-11,14H,4-7,12-13H2,1-3H3,(H,19,20). The van der Waals surface area contributed by atoms with Gasteiger partial charge in [-0.2, -0.15) is 0 Å². The molecule has 1 unspecified atom stereocenters. The molecular formula is C18H27NO3. The highest BCUT2D eigenvalue weighted by Crippen LogP contribution is 2.32. The van der Waals surface area contributed by atoms with Crippen molar-refractivity contribution >= 4 is 11.6 Å². The maximum atomic E-state index is 12.6. The van der Waals surface area contributed by atoms with Crippen molar-refractivity contribution in [2.24, 2.45) is 0 Å². The van der Waals surface area contributed by atoms with Crippen LogP contribution in [0.15, 0.2) is 24.3 Å². The third-order valence-electron chi connectivity index (χ3n) is 4.49. The summed E-state index contributed by atoms with van der Waals surface area (Å²) in [6.07, 6.45) is 6.02. The van der Waals surface area contributed by atoms with E-state index in [2.05, 4.69) is 12.2 Å². The first-order chi connectivity index (χ1) is 10.6. The Labute approximate surface area is 133 Å². The molecule has 0 aliphatic heterocycles. The van der Waals surface area contributed by atoms with Crippen LogP contribution >= 0.6 is 0 Å². The van der Waals surface area contributed by atoms with E-state index in [9.17, 15) is 4.79 Å². The van der Waals surface area contributed by atoms with Crippen LogP contribution in [0.5, 0.6) is 5.75 Å². The Bertz CT molecular complexity index is 478. The van der Waals surface area contributed by atoms with Crippen LogP contribution in [0.4, 0.5) is 5.69 Å². The number of hydrogen-bond acceptors (Lipinski definition) is 3. The van der Waals surface area contributed by atoms with Gasteiger partial charge in [-0.25, -0.2) is 0 Å². The molecule has 0 spiro atoms. The maximum absolute atomic E-state index is 12.6. The number of carbonyl (C=O) groups excluding carboxylic acids is 1. The smallest absolute Gasteiger partial charge is 0.256 e. The molecule has 0 aromatic heterocycles. The van der Waals surface area contributed by atoms with E-state index in [-0.39, 0.29) is 12.0 Å². The predicted molar refractivity (Wildman–Crippen MR) is 88.3 cm³/mol. The van der Waals surface area contributed by atoms with Gasteiger partial charge in [0.2, 0.25) is 0 Å². The van der Waals surface area contributed by atoms with Gasteiger partial charge in [0.05, 0.1) is 6.10 Å². The number of nitrogens with one attached hydrogen (secondary N) is 1. The van der Waals surface area contributed by atoms with Crippen molar-refractivity contribution in [3.8, 4) is 5.75 Å². The van der Waals surface area contributed by atoms with Gasteiger partial charge >= 0.3 is 0 Å². The Morgan fingerprint density at radius 3 is 2.41 bits per heavy atom. The van der Waals surface area contributed by atoms with Crippen LogP contribution in [0.1, 0.15) is 52.4 Å². The minimum absolute atomic E-state index is 0.0368. The van der Waals surface area contributed by atoms with Gasteiger partial charge in [-0.3, -0.25) is 4.79 Å². The molecule has 2 rings (SSSR count). The van der Waals surface area contributed by atoms with Gasteiger partial charge in [-0.05, 0) is 50.5 Å². The van der Waals surface area contributed by atoms with Crippen LogP contribution in [-0.4, -0.2) is 24.7 Å². The third-order valence-corrected chi connectivity index (χ3v) is 4.49. The lowest BCUT2D eigenvalue weighted by Gasteiger charge is -2.34. The van der Waals surface area contributed by atoms with E-state index in [0.717, 1.165) is 43.5 Å². The normalized spacial score (nSPS) is 18.5. The van der Waals surface area contributed by atoms with Gasteiger partial charge in [0.25, 0.3) is 5.91 Å². The van der Waals surface area contributed by atoms with Gasteiger partial charge in [-0.1, -0.05) is 26.2 Å². The highest BCUT2D eigenvalue weighted by Gasteiger charge is 2.39. The number of ether oxygens (including phenoxy) is 2. The summed E-state index contributed by atoms with van der Waals surface area (Å²) in [5, 5.41) is 2.98. The van der Waals surface area contributed by atoms with Crippen molar-refractivity contribution in [1.29, 1.82) is 0 Å². The fourth-order valence-corrected chi connectivity index (χ4v) is 2.82. The zero-order valence-corrected chi connectivity index (χ0v) is 13.9. The Morgan fingerprint density at radius 1 is 1.23 bits per heavy atom. The number of benzene rings is 1. The topological polar surface area (TPSA) is 47.6 Å². The van der Waals surface area contributed by atoms with Gasteiger partial charge in [0.1, 0.15) is 11.4 Å². The minimum atomic E-state index is -0.663. The fourth-order valence-electron chi connectivity index (χ4n) is 2.82. The predicted octanol–water partition coefficient (Wildman–Crippen LogP) is 4.15. The lowest BCUT2D eigenvalue weighted by molar-refractivity contribution is -0.141. The molecule has 1 aromatic carbocycles. The Kier molecular flexibility index (Phi) is 5.83. The molecule has 4 nitrogen and oxygen atoms in total. The summed E-state index contributed by atoms with van der Waals surface area (Å²) in [7, 11) is 1.63. The molecule has 1 saturated carbocycles. The van der Waals surface area contributed by atoms with Gasteiger partial charge in [0, 0.05) is 12.8 Å². The van der Waals surface area contributed by atoms with Crippen LogP contribution in [0.3, 0.4) is 0 Å². The van der Waals surface area contributed by atoms with E-state index >= 15 is 0 Å². The van der Waals surface area contributed by atoms with Crippen molar-refractivity contribution in [3.63, 3.8) is 0 Å². The van der Waals surface area contributed by atoms with Crippen molar-refractivity contribution in [3.05, 3.63) is 24.3 Å². The SMILES string of the molecule is CCC(C)Oc1ccc(NC(=O)C2(OC)CCCCC2)cc1. The highest BCUT2D eigenvalue weighted by atomic mass is 16.5. The second kappa shape index (κ2) is 7.63. The van der Waals surface area contributed by atoms with Crippen molar-refractivity contribution < 1.29 is 14.3 Å². The second-order valence-electron chi connectivity index (χ2n) is 6.07. The van der Waals surface area contributed by atoms with Gasteiger partial charge in [0.15, 0.2) is 0 Å². The molecular weight excluding hydrogens is 278 g/mol. The fraction of sp³-hybridized carbons (Fsp3) is 0.611. The summed E-state index contributed by atoms with van der Waals surface area (Å²) in [6.45, 7) is 4.13. The molecule has 1 N–H and O–H groups in total. The van der Waals surface area contributed by atoms with Crippen LogP contribution in [-0.2, 0) is 9.53 Å². The first-order valence-electron chi connectivity index (χ1n) is 8.23. The summed E-state index contributed by atoms with van der Waals surface area (Å²) in [6, 6.07) is 7.54. The molecule has 0 radical (unpaired) electrons. The van der Waals surface area contributed by atoms with E-state index in [4.69, 9.17) is 9.47 Å². The lowest BCUT2D eigenvalue weighted by atomic mass is 9.84. The number of hydrogen-bond donors (Lipinski definition) is 1. The van der Waals surface area contributed by atoms with E-state index in [1.165, 1.54) is 6.42 Å². The average Bonchev–Trinajstić information content (AvgIpc) is 2.57. The van der Waals surface area contributed by atoms with Crippen LogP contribution in [0.25, 0.3) is 0 Å². The van der Waals surface area contributed by atoms with Crippen LogP contribution in [0.2, 0.25) is 0 Å². The number of rotatable bonds is 6. The van der Waals surface area contributed by atoms with Crippen LogP contribution in [0, 0.1) is 0 Å². The van der Waals surface area contributed by atoms with Crippen molar-refractivity contribution in [1.82, 2.24) is 0 Å². The molecule has 0 saturated heterocycles. The molecule has 4 heteroatoms. The number of anilines is 1. The van der Waals surface area contributed by atoms with E-state index in [1.807, 2.05) is 31.2 Å². The number of amides is 1. The monoisotopic (exact) mass is 305 g/mol. The van der Waals surface area contributed by atoms with Gasteiger partial charge < -0.3 is 14.8 Å². The van der Waals surface area contributed by atoms with E-state index in [1.54, 1.807) is 7.11 Å². The largest absolute Gasteiger partial charge is 0.491 e. The molecule has 1 amide bonds. The van der Waals surface area contributed by atoms with Gasteiger partial charge in [-0.15, -0.1) is 0 Å². The van der Waals surface area contributed by atoms with Crippen molar-refractivity contribution in [2.75, 3.05) is 12.4 Å². The highest BCUT2D eigenvalue weighted by molar-refractivity contribution is 5.97. The molecule has 1 aliphatic rings. The Morgan fingerprint density at radius 2 is 1.86 bits per heavy atom. The zero-order valence-electron chi connectivity index (χ0n) is 13.9. The minimum Gasteiger partial charge on any atom is -0.491 e. The average molecular weight is 305 g/mol. The summed E-state index contributed by atoms with van der Waals surface area (Å²) >= 11 is 0. The summed E-state index contributed by atoms with van der Waals surface area (Å²) in [5.41, 5.74) is 0.118. The van der Waals surface area contributed by atoms with Crippen molar-refractivity contribution in [2.45, 2.75) is 64.1 Å². The summed E-state index contributed by atoms with van der Waals surface area (Å²) in [4.78, 5) is 12.6. The molecule has 22 heavy (non-hydrogen) atoms. The number of carbonyl (C=O) groups is 1. The molecule has 1 aliphatic carbocycles. The summed E-state index contributed by atoms with van der Waals surface area (Å²) in [5.74, 6) is 0.789. The summed E-state index contributed by atoms with van der Waals surface area (Å²) < 4.78 is 11.3. The molecule has 0 heterocycles.